The molecule has 0 atom stereocenters. The first-order valence-electron chi connectivity index (χ1n) is 8.96. The number of fused-ring (bicyclic) bond motifs is 8. The first kappa shape index (κ1) is 11.9. The number of rotatable bonds is 0. The molecule has 3 aliphatic carbocycles. The summed E-state index contributed by atoms with van der Waals surface area (Å²) in [5.41, 5.74) is 6.39. The minimum Gasteiger partial charge on any atom is -0.0613 e. The molecule has 4 aromatic rings. The molecule has 3 aliphatic rings. The van der Waals surface area contributed by atoms with Crippen LogP contribution in [0.2, 0.25) is 0 Å². The lowest BCUT2D eigenvalue weighted by Crippen LogP contribution is -2.34. The van der Waals surface area contributed by atoms with Gasteiger partial charge in [-0.2, -0.15) is 0 Å². The van der Waals surface area contributed by atoms with Crippen molar-refractivity contribution >= 4 is 21.5 Å². The second-order valence-corrected chi connectivity index (χ2v) is 7.69. The number of benzene rings is 4. The molecule has 1 saturated carbocycles. The zero-order valence-corrected chi connectivity index (χ0v) is 13.2. The van der Waals surface area contributed by atoms with Crippen molar-refractivity contribution in [1.82, 2.24) is 0 Å². The molecule has 0 heterocycles. The summed E-state index contributed by atoms with van der Waals surface area (Å²) in [6.45, 7) is 0. The Labute approximate surface area is 140 Å². The van der Waals surface area contributed by atoms with Gasteiger partial charge in [0, 0.05) is 0 Å². The van der Waals surface area contributed by atoms with Crippen LogP contribution in [-0.2, 0) is 0 Å². The van der Waals surface area contributed by atoms with Crippen LogP contribution < -0.4 is 0 Å². The van der Waals surface area contributed by atoms with Gasteiger partial charge in [-0.25, -0.2) is 0 Å². The maximum atomic E-state index is 2.38. The molecule has 0 aromatic heterocycles. The van der Waals surface area contributed by atoms with Crippen LogP contribution in [-0.4, -0.2) is 0 Å². The minimum absolute atomic E-state index is 0.675. The summed E-state index contributed by atoms with van der Waals surface area (Å²) in [4.78, 5) is 0. The van der Waals surface area contributed by atoms with Crippen molar-refractivity contribution in [3.63, 3.8) is 0 Å². The largest absolute Gasteiger partial charge is 0.0613 e. The number of hydrogen-bond acceptors (Lipinski definition) is 0. The second kappa shape index (κ2) is 3.72. The van der Waals surface area contributed by atoms with Gasteiger partial charge in [0.15, 0.2) is 0 Å². The van der Waals surface area contributed by atoms with Crippen LogP contribution >= 0.6 is 0 Å². The predicted molar refractivity (Wildman–Crippen MR) is 98.9 cm³/mol. The van der Waals surface area contributed by atoms with Gasteiger partial charge in [0.05, 0.1) is 0 Å². The Morgan fingerprint density at radius 3 is 0.958 bits per heavy atom. The lowest BCUT2D eigenvalue weighted by Gasteiger charge is -2.47. The van der Waals surface area contributed by atoms with E-state index in [0.717, 1.165) is 0 Å². The molecule has 0 bridgehead atoms. The molecular formula is C24H16. The van der Waals surface area contributed by atoms with Crippen molar-refractivity contribution in [2.75, 3.05) is 0 Å². The monoisotopic (exact) mass is 304 g/mol. The van der Waals surface area contributed by atoms with E-state index in [1.54, 1.807) is 33.0 Å². The van der Waals surface area contributed by atoms with E-state index in [4.69, 9.17) is 0 Å². The fourth-order valence-electron chi connectivity index (χ4n) is 6.21. The van der Waals surface area contributed by atoms with E-state index < -0.39 is 0 Å². The molecule has 4 aromatic carbocycles. The molecule has 0 amide bonds. The van der Waals surface area contributed by atoms with E-state index in [1.165, 1.54) is 10.8 Å². The van der Waals surface area contributed by atoms with Crippen LogP contribution in [0.3, 0.4) is 0 Å². The van der Waals surface area contributed by atoms with Crippen LogP contribution in [0.25, 0.3) is 21.5 Å². The highest BCUT2D eigenvalue weighted by Crippen LogP contribution is 2.74. The summed E-state index contributed by atoms with van der Waals surface area (Å²) in [6, 6.07) is 27.6. The summed E-state index contributed by atoms with van der Waals surface area (Å²) in [5.74, 6) is 2.70. The molecule has 1 fully saturated rings. The predicted octanol–water partition coefficient (Wildman–Crippen LogP) is 6.07. The maximum absolute atomic E-state index is 2.38. The summed E-state index contributed by atoms with van der Waals surface area (Å²) in [5, 5.41) is 5.94. The molecule has 112 valence electrons. The van der Waals surface area contributed by atoms with E-state index in [2.05, 4.69) is 72.8 Å². The molecule has 0 saturated heterocycles. The first-order valence-corrected chi connectivity index (χ1v) is 8.96. The van der Waals surface area contributed by atoms with Gasteiger partial charge in [0.2, 0.25) is 0 Å². The molecule has 0 nitrogen and oxygen atoms in total. The van der Waals surface area contributed by atoms with Gasteiger partial charge >= 0.3 is 0 Å². The van der Waals surface area contributed by atoms with Crippen LogP contribution in [0, 0.1) is 0 Å². The van der Waals surface area contributed by atoms with Crippen molar-refractivity contribution in [3.05, 3.63) is 95.1 Å². The SMILES string of the molecule is c1cc2c3c(cccc3c1)C1C2C2c3cccc4cccc(c34)C12. The highest BCUT2D eigenvalue weighted by Gasteiger charge is 2.59. The Balaban J connectivity index is 1.57. The molecule has 0 spiro atoms. The molecule has 0 heteroatoms. The molecule has 0 unspecified atom stereocenters. The van der Waals surface area contributed by atoms with Crippen LogP contribution in [0.15, 0.2) is 72.8 Å². The zero-order chi connectivity index (χ0) is 15.4. The van der Waals surface area contributed by atoms with Gasteiger partial charge in [-0.15, -0.1) is 0 Å². The Kier molecular flexibility index (Phi) is 1.84. The minimum atomic E-state index is 0.675. The lowest BCUT2D eigenvalue weighted by molar-refractivity contribution is 0.253. The van der Waals surface area contributed by atoms with E-state index in [0.29, 0.717) is 23.7 Å². The molecule has 24 heavy (non-hydrogen) atoms. The van der Waals surface area contributed by atoms with Gasteiger partial charge in [-0.1, -0.05) is 72.8 Å². The van der Waals surface area contributed by atoms with E-state index >= 15 is 0 Å². The lowest BCUT2D eigenvalue weighted by atomic mass is 9.55. The molecule has 7 rings (SSSR count). The Bertz CT molecular complexity index is 994. The van der Waals surface area contributed by atoms with Gasteiger partial charge in [0.25, 0.3) is 0 Å². The van der Waals surface area contributed by atoms with Crippen molar-refractivity contribution in [2.45, 2.75) is 23.7 Å². The normalized spacial score (nSPS) is 28.0. The zero-order valence-electron chi connectivity index (χ0n) is 13.2. The van der Waals surface area contributed by atoms with E-state index in [1.807, 2.05) is 0 Å². The third-order valence-corrected chi connectivity index (χ3v) is 6.92. The number of hydrogen-bond donors (Lipinski definition) is 0. The summed E-state index contributed by atoms with van der Waals surface area (Å²) in [7, 11) is 0. The average molecular weight is 304 g/mol. The van der Waals surface area contributed by atoms with Crippen molar-refractivity contribution in [1.29, 1.82) is 0 Å². The fourth-order valence-corrected chi connectivity index (χ4v) is 6.21. The summed E-state index contributed by atoms with van der Waals surface area (Å²) >= 11 is 0. The quantitative estimate of drug-likeness (QED) is 0.370. The molecular weight excluding hydrogens is 288 g/mol. The molecule has 0 N–H and O–H groups in total. The Morgan fingerprint density at radius 2 is 0.667 bits per heavy atom. The fraction of sp³-hybridized carbons (Fsp3) is 0.167. The highest BCUT2D eigenvalue weighted by atomic mass is 14.6. The maximum Gasteiger partial charge on any atom is -0.000534 e. The highest BCUT2D eigenvalue weighted by molar-refractivity contribution is 5.98. The van der Waals surface area contributed by atoms with Gasteiger partial charge in [-0.05, 0) is 67.5 Å². The standard InChI is InChI=1S/C24H16/c1-5-13-6-2-10-16-19(13)15(9-1)21-22(16)24-18-12-4-8-14-7-3-11-17(20(14)18)23(21)24/h1-12,21-24H. The smallest absolute Gasteiger partial charge is 0.000534 e. The van der Waals surface area contributed by atoms with Crippen molar-refractivity contribution in [2.24, 2.45) is 0 Å². The summed E-state index contributed by atoms with van der Waals surface area (Å²) in [6.07, 6.45) is 0. The second-order valence-electron chi connectivity index (χ2n) is 7.69. The van der Waals surface area contributed by atoms with E-state index in [9.17, 15) is 0 Å². The summed E-state index contributed by atoms with van der Waals surface area (Å²) < 4.78 is 0. The van der Waals surface area contributed by atoms with E-state index in [-0.39, 0.29) is 0 Å². The van der Waals surface area contributed by atoms with Gasteiger partial charge < -0.3 is 0 Å². The first-order chi connectivity index (χ1) is 11.9. The van der Waals surface area contributed by atoms with Gasteiger partial charge in [0.1, 0.15) is 0 Å². The average Bonchev–Trinajstić information content (AvgIpc) is 3.02. The molecule has 0 radical (unpaired) electrons. The van der Waals surface area contributed by atoms with Crippen LogP contribution in [0.4, 0.5) is 0 Å². The van der Waals surface area contributed by atoms with Crippen LogP contribution in [0.5, 0.6) is 0 Å². The van der Waals surface area contributed by atoms with Crippen LogP contribution in [0.1, 0.15) is 45.9 Å². The topological polar surface area (TPSA) is 0 Å². The Hall–Kier alpha value is -2.60. The Morgan fingerprint density at radius 1 is 0.375 bits per heavy atom. The van der Waals surface area contributed by atoms with Crippen molar-refractivity contribution in [3.8, 4) is 0 Å². The van der Waals surface area contributed by atoms with Crippen molar-refractivity contribution < 1.29 is 0 Å². The van der Waals surface area contributed by atoms with Gasteiger partial charge in [-0.3, -0.25) is 0 Å². The molecule has 0 aliphatic heterocycles. The third kappa shape index (κ3) is 1.10. The third-order valence-electron chi connectivity index (χ3n) is 6.92.